The molecule has 6 heteroatoms. The number of fused-ring (bicyclic) bond motifs is 1. The number of phenols is 1. The number of benzene rings is 2. The molecule has 1 amide bonds. The van der Waals surface area contributed by atoms with Crippen LogP contribution in [0.15, 0.2) is 53.0 Å². The lowest BCUT2D eigenvalue weighted by Crippen LogP contribution is -2.29. The van der Waals surface area contributed by atoms with Gasteiger partial charge in [0.15, 0.2) is 5.69 Å². The maximum absolute atomic E-state index is 12.9. The third kappa shape index (κ3) is 2.22. The predicted octanol–water partition coefficient (Wildman–Crippen LogP) is 3.94. The second-order valence-electron chi connectivity index (χ2n) is 5.76. The lowest BCUT2D eigenvalue weighted by Gasteiger charge is -2.26. The van der Waals surface area contributed by atoms with E-state index in [0.29, 0.717) is 5.69 Å². The standard InChI is InChI=1S/C18H14BrN3O2/c1-10-15-16(21-20-10)18(24)22(13-6-4-12(19)5-7-13)17(15)11-2-8-14(23)9-3-11/h2-9,17,23H,1H3,(H,20,21)/t17-/m1/s1. The Labute approximate surface area is 147 Å². The third-order valence-corrected chi connectivity index (χ3v) is 4.79. The summed E-state index contributed by atoms with van der Waals surface area (Å²) in [6.07, 6.45) is 0. The van der Waals surface area contributed by atoms with Crippen molar-refractivity contribution in [3.05, 3.63) is 75.5 Å². The molecule has 5 nitrogen and oxygen atoms in total. The van der Waals surface area contributed by atoms with Gasteiger partial charge in [-0.05, 0) is 48.9 Å². The molecule has 0 bridgehead atoms. The minimum atomic E-state index is -0.270. The van der Waals surface area contributed by atoms with Crippen molar-refractivity contribution < 1.29 is 9.90 Å². The molecule has 4 rings (SSSR count). The summed E-state index contributed by atoms with van der Waals surface area (Å²) in [4.78, 5) is 14.7. The molecule has 0 aliphatic carbocycles. The number of carbonyl (C=O) groups is 1. The Bertz CT molecular complexity index is 916. The summed E-state index contributed by atoms with van der Waals surface area (Å²) in [6.45, 7) is 1.91. The molecule has 120 valence electrons. The summed E-state index contributed by atoms with van der Waals surface area (Å²) in [6, 6.07) is 14.3. The Morgan fingerprint density at radius 2 is 1.79 bits per heavy atom. The number of phenolic OH excluding ortho intramolecular Hbond substituents is 1. The van der Waals surface area contributed by atoms with Gasteiger partial charge in [0.2, 0.25) is 0 Å². The van der Waals surface area contributed by atoms with Crippen LogP contribution in [0.3, 0.4) is 0 Å². The number of halogens is 1. The summed E-state index contributed by atoms with van der Waals surface area (Å²) < 4.78 is 0.952. The maximum Gasteiger partial charge on any atom is 0.279 e. The molecule has 0 saturated carbocycles. The van der Waals surface area contributed by atoms with Gasteiger partial charge in [0, 0.05) is 21.4 Å². The number of hydrogen-bond donors (Lipinski definition) is 2. The van der Waals surface area contributed by atoms with Crippen LogP contribution in [0.1, 0.15) is 33.4 Å². The first kappa shape index (κ1) is 15.0. The highest BCUT2D eigenvalue weighted by Gasteiger charge is 2.42. The van der Waals surface area contributed by atoms with Gasteiger partial charge in [0.25, 0.3) is 5.91 Å². The first-order valence-electron chi connectivity index (χ1n) is 7.49. The average molecular weight is 384 g/mol. The van der Waals surface area contributed by atoms with Gasteiger partial charge in [0.1, 0.15) is 5.75 Å². The molecule has 2 aromatic carbocycles. The van der Waals surface area contributed by atoms with Crippen LogP contribution in [-0.2, 0) is 0 Å². The smallest absolute Gasteiger partial charge is 0.279 e. The number of amides is 1. The van der Waals surface area contributed by atoms with Crippen molar-refractivity contribution in [3.63, 3.8) is 0 Å². The molecule has 3 aromatic rings. The van der Waals surface area contributed by atoms with Crippen molar-refractivity contribution in [1.29, 1.82) is 0 Å². The summed E-state index contributed by atoms with van der Waals surface area (Å²) in [7, 11) is 0. The number of aryl methyl sites for hydroxylation is 1. The fourth-order valence-electron chi connectivity index (χ4n) is 3.14. The van der Waals surface area contributed by atoms with Crippen LogP contribution in [0, 0.1) is 6.92 Å². The van der Waals surface area contributed by atoms with E-state index in [2.05, 4.69) is 26.1 Å². The molecule has 1 aliphatic rings. The molecular formula is C18H14BrN3O2. The van der Waals surface area contributed by atoms with Gasteiger partial charge in [-0.25, -0.2) is 0 Å². The Hall–Kier alpha value is -2.60. The lowest BCUT2D eigenvalue weighted by atomic mass is 9.99. The molecular weight excluding hydrogens is 370 g/mol. The second kappa shape index (κ2) is 5.49. The van der Waals surface area contributed by atoms with Crippen LogP contribution < -0.4 is 4.90 Å². The average Bonchev–Trinajstić information content (AvgIpc) is 3.09. The normalized spacial score (nSPS) is 16.5. The Kier molecular flexibility index (Phi) is 3.42. The number of aromatic nitrogens is 2. The van der Waals surface area contributed by atoms with E-state index in [1.54, 1.807) is 17.0 Å². The van der Waals surface area contributed by atoms with E-state index in [9.17, 15) is 9.90 Å². The van der Waals surface area contributed by atoms with Gasteiger partial charge in [-0.1, -0.05) is 28.1 Å². The molecule has 2 heterocycles. The summed E-state index contributed by atoms with van der Waals surface area (Å²) in [5.41, 5.74) is 3.93. The van der Waals surface area contributed by atoms with Crippen LogP contribution in [0.5, 0.6) is 5.75 Å². The Balaban J connectivity index is 1.89. The molecule has 0 fully saturated rings. The Morgan fingerprint density at radius 3 is 2.46 bits per heavy atom. The molecule has 0 spiro atoms. The first-order chi connectivity index (χ1) is 11.6. The predicted molar refractivity (Wildman–Crippen MR) is 94.2 cm³/mol. The van der Waals surface area contributed by atoms with E-state index in [1.807, 2.05) is 43.3 Å². The van der Waals surface area contributed by atoms with Gasteiger partial charge in [-0.3, -0.25) is 14.8 Å². The van der Waals surface area contributed by atoms with E-state index in [0.717, 1.165) is 27.0 Å². The minimum Gasteiger partial charge on any atom is -0.508 e. The fraction of sp³-hybridized carbons (Fsp3) is 0.111. The van der Waals surface area contributed by atoms with Crippen LogP contribution >= 0.6 is 15.9 Å². The molecule has 0 radical (unpaired) electrons. The second-order valence-corrected chi connectivity index (χ2v) is 6.67. The van der Waals surface area contributed by atoms with E-state index >= 15 is 0 Å². The van der Waals surface area contributed by atoms with Crippen molar-refractivity contribution in [2.75, 3.05) is 4.90 Å². The highest BCUT2D eigenvalue weighted by Crippen LogP contribution is 2.42. The van der Waals surface area contributed by atoms with Gasteiger partial charge >= 0.3 is 0 Å². The van der Waals surface area contributed by atoms with Crippen molar-refractivity contribution in [2.45, 2.75) is 13.0 Å². The topological polar surface area (TPSA) is 69.2 Å². The van der Waals surface area contributed by atoms with Crippen LogP contribution in [-0.4, -0.2) is 21.2 Å². The van der Waals surface area contributed by atoms with E-state index in [-0.39, 0.29) is 17.7 Å². The molecule has 2 N–H and O–H groups in total. The zero-order valence-electron chi connectivity index (χ0n) is 12.8. The van der Waals surface area contributed by atoms with Crippen LogP contribution in [0.25, 0.3) is 0 Å². The number of aromatic amines is 1. The minimum absolute atomic E-state index is 0.130. The third-order valence-electron chi connectivity index (χ3n) is 4.26. The van der Waals surface area contributed by atoms with Crippen LogP contribution in [0.2, 0.25) is 0 Å². The fourth-order valence-corrected chi connectivity index (χ4v) is 3.40. The number of rotatable bonds is 2. The molecule has 1 aliphatic heterocycles. The lowest BCUT2D eigenvalue weighted by molar-refractivity contribution is 0.0989. The van der Waals surface area contributed by atoms with Crippen LogP contribution in [0.4, 0.5) is 5.69 Å². The van der Waals surface area contributed by atoms with Crippen molar-refractivity contribution in [3.8, 4) is 5.75 Å². The van der Waals surface area contributed by atoms with Gasteiger partial charge < -0.3 is 5.11 Å². The number of anilines is 1. The first-order valence-corrected chi connectivity index (χ1v) is 8.28. The van der Waals surface area contributed by atoms with Crippen molar-refractivity contribution >= 4 is 27.5 Å². The van der Waals surface area contributed by atoms with E-state index in [4.69, 9.17) is 0 Å². The quantitative estimate of drug-likeness (QED) is 0.703. The zero-order chi connectivity index (χ0) is 16.8. The van der Waals surface area contributed by atoms with E-state index in [1.165, 1.54) is 0 Å². The number of carbonyl (C=O) groups excluding carboxylic acids is 1. The number of nitrogens with one attached hydrogen (secondary N) is 1. The molecule has 1 aromatic heterocycles. The number of aromatic hydroxyl groups is 1. The number of nitrogens with zero attached hydrogens (tertiary/aromatic N) is 2. The van der Waals surface area contributed by atoms with Crippen molar-refractivity contribution in [1.82, 2.24) is 10.2 Å². The molecule has 0 saturated heterocycles. The molecule has 0 unspecified atom stereocenters. The Morgan fingerprint density at radius 1 is 1.12 bits per heavy atom. The van der Waals surface area contributed by atoms with Gasteiger partial charge in [-0.15, -0.1) is 0 Å². The summed E-state index contributed by atoms with van der Waals surface area (Å²) in [5.74, 6) is 0.0668. The molecule has 24 heavy (non-hydrogen) atoms. The van der Waals surface area contributed by atoms with Gasteiger partial charge in [-0.2, -0.15) is 5.10 Å². The van der Waals surface area contributed by atoms with E-state index < -0.39 is 0 Å². The summed E-state index contributed by atoms with van der Waals surface area (Å²) in [5, 5.41) is 16.7. The largest absolute Gasteiger partial charge is 0.508 e. The monoisotopic (exact) mass is 383 g/mol. The highest BCUT2D eigenvalue weighted by atomic mass is 79.9. The maximum atomic E-state index is 12.9. The van der Waals surface area contributed by atoms with Crippen molar-refractivity contribution in [2.24, 2.45) is 0 Å². The summed E-state index contributed by atoms with van der Waals surface area (Å²) >= 11 is 3.42. The SMILES string of the molecule is Cc1[nH]nc2c1[C@@H](c1ccc(O)cc1)N(c1ccc(Br)cc1)C2=O. The van der Waals surface area contributed by atoms with Gasteiger partial charge in [0.05, 0.1) is 6.04 Å². The molecule has 1 atom stereocenters. The number of hydrogen-bond acceptors (Lipinski definition) is 3. The highest BCUT2D eigenvalue weighted by molar-refractivity contribution is 9.10. The zero-order valence-corrected chi connectivity index (χ0v) is 14.4. The number of H-pyrrole nitrogens is 1.